The molecule has 1 heterocycles. The number of methoxy groups -OCH3 is 1. The van der Waals surface area contributed by atoms with Gasteiger partial charge in [-0.1, -0.05) is 12.2 Å². The first-order chi connectivity index (χ1) is 5.98. The van der Waals surface area contributed by atoms with E-state index in [1.165, 1.54) is 7.11 Å². The quantitative estimate of drug-likeness (QED) is 0.519. The predicted octanol–water partition coefficient (Wildman–Crippen LogP) is 0.403. The topological polar surface area (TPSA) is 55.4 Å². The number of hydrogen-bond acceptors (Lipinski definition) is 4. The fourth-order valence-corrected chi connectivity index (χ4v) is 1.70. The Balaban J connectivity index is 2.71. The molecule has 4 nitrogen and oxygen atoms in total. The number of thiocarbonyl (C=S) groups is 1. The van der Waals surface area contributed by atoms with Gasteiger partial charge in [-0.05, 0) is 6.92 Å². The van der Waals surface area contributed by atoms with Crippen molar-refractivity contribution in [1.29, 1.82) is 0 Å². The minimum atomic E-state index is -0.718. The summed E-state index contributed by atoms with van der Waals surface area (Å²) in [5.41, 5.74) is -0.718. The van der Waals surface area contributed by atoms with E-state index in [1.807, 2.05) is 0 Å². The molecule has 1 saturated heterocycles. The third kappa shape index (κ3) is 2.03. The van der Waals surface area contributed by atoms with Crippen LogP contribution in [0, 0.1) is 5.41 Å². The van der Waals surface area contributed by atoms with Gasteiger partial charge < -0.3 is 10.1 Å². The Morgan fingerprint density at radius 2 is 2.38 bits per heavy atom. The van der Waals surface area contributed by atoms with Crippen molar-refractivity contribution in [2.45, 2.75) is 19.8 Å². The van der Waals surface area contributed by atoms with E-state index in [0.29, 0.717) is 11.4 Å². The van der Waals surface area contributed by atoms with Crippen LogP contribution >= 0.6 is 12.2 Å². The Kier molecular flexibility index (Phi) is 2.66. The second-order valence-electron chi connectivity index (χ2n) is 3.37. The first-order valence-corrected chi connectivity index (χ1v) is 4.30. The van der Waals surface area contributed by atoms with Crippen molar-refractivity contribution in [3.63, 3.8) is 0 Å². The Bertz CT molecular complexity index is 277. The number of rotatable bonds is 2. The van der Waals surface area contributed by atoms with Gasteiger partial charge in [-0.3, -0.25) is 9.59 Å². The molecule has 0 saturated carbocycles. The average Bonchev–Trinajstić information content (AvgIpc) is 2.25. The summed E-state index contributed by atoms with van der Waals surface area (Å²) < 4.78 is 4.50. The van der Waals surface area contributed by atoms with Crippen molar-refractivity contribution in [2.75, 3.05) is 7.11 Å². The third-order valence-corrected chi connectivity index (χ3v) is 2.36. The standard InChI is InChI=1S/C8H11NO3S/c1-8(4-6(10)12-2)3-5(13)9-7(8)11/h3-4H2,1-2H3,(H,9,11,13)/t8-/m1/s1. The van der Waals surface area contributed by atoms with Gasteiger partial charge in [-0.2, -0.15) is 0 Å². The van der Waals surface area contributed by atoms with Crippen molar-refractivity contribution in [1.82, 2.24) is 5.32 Å². The molecule has 0 aromatic rings. The van der Waals surface area contributed by atoms with Gasteiger partial charge in [0.15, 0.2) is 0 Å². The highest BCUT2D eigenvalue weighted by Gasteiger charge is 2.42. The molecule has 0 aliphatic carbocycles. The molecule has 0 spiro atoms. The fourth-order valence-electron chi connectivity index (χ4n) is 1.29. The van der Waals surface area contributed by atoms with Crippen LogP contribution in [0.3, 0.4) is 0 Å². The van der Waals surface area contributed by atoms with Crippen LogP contribution < -0.4 is 5.32 Å². The zero-order chi connectivity index (χ0) is 10.1. The van der Waals surface area contributed by atoms with E-state index in [1.54, 1.807) is 6.92 Å². The zero-order valence-corrected chi connectivity index (χ0v) is 8.36. The van der Waals surface area contributed by atoms with Gasteiger partial charge in [0.2, 0.25) is 5.91 Å². The molecule has 0 aromatic carbocycles. The predicted molar refractivity (Wildman–Crippen MR) is 50.1 cm³/mol. The first-order valence-electron chi connectivity index (χ1n) is 3.89. The SMILES string of the molecule is COC(=O)C[C@@]1(C)CC(=S)NC1=O. The molecule has 1 N–H and O–H groups in total. The summed E-state index contributed by atoms with van der Waals surface area (Å²) in [5.74, 6) is -0.578. The minimum Gasteiger partial charge on any atom is -0.469 e. The highest BCUT2D eigenvalue weighted by Crippen LogP contribution is 2.31. The highest BCUT2D eigenvalue weighted by atomic mass is 32.1. The minimum absolute atomic E-state index is 0.0788. The summed E-state index contributed by atoms with van der Waals surface area (Å²) in [6.45, 7) is 1.71. The van der Waals surface area contributed by atoms with E-state index in [-0.39, 0.29) is 18.3 Å². The van der Waals surface area contributed by atoms with Crippen LogP contribution in [0.2, 0.25) is 0 Å². The third-order valence-electron chi connectivity index (χ3n) is 2.11. The molecule has 5 heteroatoms. The number of hydrogen-bond donors (Lipinski definition) is 1. The summed E-state index contributed by atoms with van der Waals surface area (Å²) in [6, 6.07) is 0. The Labute approximate surface area is 81.6 Å². The van der Waals surface area contributed by atoms with Gasteiger partial charge in [0, 0.05) is 6.42 Å². The largest absolute Gasteiger partial charge is 0.469 e. The molecule has 72 valence electrons. The summed E-state index contributed by atoms with van der Waals surface area (Å²) >= 11 is 4.85. The van der Waals surface area contributed by atoms with E-state index in [2.05, 4.69) is 10.1 Å². The van der Waals surface area contributed by atoms with E-state index in [4.69, 9.17) is 12.2 Å². The molecular formula is C8H11NO3S. The lowest BCUT2D eigenvalue weighted by atomic mass is 9.85. The molecule has 1 atom stereocenters. The smallest absolute Gasteiger partial charge is 0.306 e. The van der Waals surface area contributed by atoms with Crippen LogP contribution in [0.25, 0.3) is 0 Å². The van der Waals surface area contributed by atoms with Crippen molar-refractivity contribution < 1.29 is 14.3 Å². The van der Waals surface area contributed by atoms with E-state index < -0.39 is 5.41 Å². The number of ether oxygens (including phenoxy) is 1. The van der Waals surface area contributed by atoms with Crippen LogP contribution in [-0.2, 0) is 14.3 Å². The number of esters is 1. The summed E-state index contributed by atoms with van der Waals surface area (Å²) in [5, 5.41) is 2.52. The van der Waals surface area contributed by atoms with Gasteiger partial charge in [0.05, 0.1) is 23.9 Å². The van der Waals surface area contributed by atoms with Crippen molar-refractivity contribution in [3.8, 4) is 0 Å². The maximum Gasteiger partial charge on any atom is 0.306 e. The molecule has 1 amide bonds. The highest BCUT2D eigenvalue weighted by molar-refractivity contribution is 7.80. The lowest BCUT2D eigenvalue weighted by Gasteiger charge is -2.17. The first kappa shape index (κ1) is 10.1. The molecule has 0 radical (unpaired) electrons. The molecule has 13 heavy (non-hydrogen) atoms. The number of carbonyl (C=O) groups is 2. The van der Waals surface area contributed by atoms with Gasteiger partial charge in [-0.15, -0.1) is 0 Å². The molecule has 1 fully saturated rings. The average molecular weight is 201 g/mol. The number of carbonyl (C=O) groups excluding carboxylic acids is 2. The monoisotopic (exact) mass is 201 g/mol. The molecule has 0 bridgehead atoms. The molecule has 1 aliphatic heterocycles. The van der Waals surface area contributed by atoms with Crippen molar-refractivity contribution in [3.05, 3.63) is 0 Å². The van der Waals surface area contributed by atoms with Crippen LogP contribution in [0.1, 0.15) is 19.8 Å². The van der Waals surface area contributed by atoms with Gasteiger partial charge in [0.1, 0.15) is 0 Å². The number of nitrogens with one attached hydrogen (secondary N) is 1. The Morgan fingerprint density at radius 3 is 2.77 bits per heavy atom. The fraction of sp³-hybridized carbons (Fsp3) is 0.625. The Hall–Kier alpha value is -0.970. The number of amides is 1. The van der Waals surface area contributed by atoms with Crippen LogP contribution in [0.4, 0.5) is 0 Å². The summed E-state index contributed by atoms with van der Waals surface area (Å²) in [7, 11) is 1.30. The molecule has 1 aliphatic rings. The maximum atomic E-state index is 11.4. The zero-order valence-electron chi connectivity index (χ0n) is 7.55. The lowest BCUT2D eigenvalue weighted by Crippen LogP contribution is -2.31. The lowest BCUT2D eigenvalue weighted by molar-refractivity contribution is -0.146. The summed E-state index contributed by atoms with van der Waals surface area (Å²) in [4.78, 5) is 22.8. The van der Waals surface area contributed by atoms with E-state index in [0.717, 1.165) is 0 Å². The Morgan fingerprint density at radius 1 is 1.77 bits per heavy atom. The van der Waals surface area contributed by atoms with Gasteiger partial charge in [-0.25, -0.2) is 0 Å². The van der Waals surface area contributed by atoms with Crippen LogP contribution in [0.5, 0.6) is 0 Å². The normalized spacial score (nSPS) is 27.2. The molecule has 1 rings (SSSR count). The molecule has 0 aromatic heterocycles. The van der Waals surface area contributed by atoms with E-state index >= 15 is 0 Å². The van der Waals surface area contributed by atoms with Crippen molar-refractivity contribution in [2.24, 2.45) is 5.41 Å². The van der Waals surface area contributed by atoms with E-state index in [9.17, 15) is 9.59 Å². The van der Waals surface area contributed by atoms with Crippen LogP contribution in [-0.4, -0.2) is 24.0 Å². The molecule has 0 unspecified atom stereocenters. The maximum absolute atomic E-state index is 11.4. The molecular weight excluding hydrogens is 190 g/mol. The van der Waals surface area contributed by atoms with Crippen LogP contribution in [0.15, 0.2) is 0 Å². The second-order valence-corrected chi connectivity index (χ2v) is 3.86. The van der Waals surface area contributed by atoms with Gasteiger partial charge in [0.25, 0.3) is 0 Å². The van der Waals surface area contributed by atoms with Gasteiger partial charge >= 0.3 is 5.97 Å². The second kappa shape index (κ2) is 3.41. The van der Waals surface area contributed by atoms with Crippen molar-refractivity contribution >= 4 is 29.1 Å². The summed E-state index contributed by atoms with van der Waals surface area (Å²) in [6.07, 6.45) is 0.506.